The van der Waals surface area contributed by atoms with Gasteiger partial charge in [-0.3, -0.25) is 0 Å². The summed E-state index contributed by atoms with van der Waals surface area (Å²) in [6, 6.07) is 0. The van der Waals surface area contributed by atoms with E-state index >= 15 is 0 Å². The molecule has 6 saturated heterocycles. The smallest absolute Gasteiger partial charge is 0.187 e. The van der Waals surface area contributed by atoms with Gasteiger partial charge in [-0.25, -0.2) is 0 Å². The van der Waals surface area contributed by atoms with E-state index in [0.717, 1.165) is 0 Å². The van der Waals surface area contributed by atoms with Gasteiger partial charge in [0.1, 0.15) is 146 Å². The Bertz CT molecular complexity index is 1640. The van der Waals surface area contributed by atoms with Crippen molar-refractivity contribution in [1.29, 1.82) is 0 Å². The van der Waals surface area contributed by atoms with Crippen LogP contribution in [0, 0.1) is 0 Å². The molecule has 6 heterocycles. The predicted octanol–water partition coefficient (Wildman–Crippen LogP) is -11.7. The summed E-state index contributed by atoms with van der Waals surface area (Å²) < 4.78 is 68.0. The fourth-order valence-electron chi connectivity index (χ4n) is 9.19. The van der Waals surface area contributed by atoms with Gasteiger partial charge in [-0.2, -0.15) is 0 Å². The first-order valence-corrected chi connectivity index (χ1v) is 23.7. The van der Waals surface area contributed by atoms with E-state index in [1.165, 1.54) is 0 Å². The number of unbranched alkanes of at least 4 members (excludes halogenated alkanes) is 2. The summed E-state index contributed by atoms with van der Waals surface area (Å²) in [5.41, 5.74) is 0. The van der Waals surface area contributed by atoms with Crippen molar-refractivity contribution in [3.8, 4) is 0 Å². The fraction of sp³-hybridized carbons (Fsp3) is 0.952. The van der Waals surface area contributed by atoms with Gasteiger partial charge in [0.25, 0.3) is 0 Å². The van der Waals surface area contributed by atoms with Gasteiger partial charge in [0.15, 0.2) is 37.7 Å². The van der Waals surface area contributed by atoms with E-state index in [4.69, 9.17) is 56.8 Å². The third-order valence-corrected chi connectivity index (χ3v) is 13.5. The topological polar surface area (TPSA) is 495 Å². The van der Waals surface area contributed by atoms with Gasteiger partial charge in [-0.15, -0.1) is 6.58 Å². The Labute approximate surface area is 415 Å². The highest BCUT2D eigenvalue weighted by atomic mass is 16.8. The Hall–Kier alpha value is -1.50. The van der Waals surface area contributed by atoms with Crippen molar-refractivity contribution in [1.82, 2.24) is 0 Å². The van der Waals surface area contributed by atoms with E-state index in [-0.39, 0.29) is 6.61 Å². The van der Waals surface area contributed by atoms with Crippen LogP contribution in [0.2, 0.25) is 0 Å². The van der Waals surface area contributed by atoms with Crippen molar-refractivity contribution >= 4 is 0 Å². The molecule has 0 aliphatic carbocycles. The third kappa shape index (κ3) is 13.3. The van der Waals surface area contributed by atoms with Gasteiger partial charge in [-0.05, 0) is 19.3 Å². The Balaban J connectivity index is 1.21. The number of aliphatic hydroxyl groups is 19. The van der Waals surface area contributed by atoms with Gasteiger partial charge < -0.3 is 154 Å². The van der Waals surface area contributed by atoms with Crippen molar-refractivity contribution in [2.75, 3.05) is 46.2 Å². The zero-order chi connectivity index (χ0) is 53.6. The van der Waals surface area contributed by atoms with Crippen LogP contribution in [0.3, 0.4) is 0 Å². The molecule has 31 nitrogen and oxygen atoms in total. The Kier molecular flexibility index (Phi) is 22.8. The molecule has 426 valence electrons. The molecule has 6 fully saturated rings. The Morgan fingerprint density at radius 3 is 0.959 bits per heavy atom. The maximum absolute atomic E-state index is 11.7. The van der Waals surface area contributed by atoms with Crippen molar-refractivity contribution in [2.24, 2.45) is 0 Å². The molecule has 0 aromatic heterocycles. The summed E-state index contributed by atoms with van der Waals surface area (Å²) in [7, 11) is 0. The van der Waals surface area contributed by atoms with Crippen LogP contribution in [-0.4, -0.2) is 328 Å². The zero-order valence-electron chi connectivity index (χ0n) is 39.1. The van der Waals surface area contributed by atoms with Gasteiger partial charge in [-0.1, -0.05) is 6.08 Å². The minimum absolute atomic E-state index is 0.0622. The van der Waals surface area contributed by atoms with E-state index in [9.17, 15) is 97.0 Å². The van der Waals surface area contributed by atoms with Crippen LogP contribution >= 0.6 is 0 Å². The molecule has 6 aliphatic heterocycles. The zero-order valence-corrected chi connectivity index (χ0v) is 39.1. The largest absolute Gasteiger partial charge is 0.394 e. The Morgan fingerprint density at radius 2 is 0.589 bits per heavy atom. The molecule has 0 saturated carbocycles. The molecule has 30 atom stereocenters. The summed E-state index contributed by atoms with van der Waals surface area (Å²) in [6.07, 6.45) is -54.2. The highest BCUT2D eigenvalue weighted by Crippen LogP contribution is 2.37. The fourth-order valence-corrected chi connectivity index (χ4v) is 9.19. The quantitative estimate of drug-likeness (QED) is 0.0354. The lowest BCUT2D eigenvalue weighted by Crippen LogP contribution is -2.68. The molecule has 73 heavy (non-hydrogen) atoms. The number of allylic oxidation sites excluding steroid dienone is 1. The monoisotopic (exact) mass is 1070 g/mol. The molecule has 31 heteroatoms. The summed E-state index contributed by atoms with van der Waals surface area (Å²) in [6.45, 7) is -2.00. The first-order valence-electron chi connectivity index (χ1n) is 23.7. The molecule has 0 bridgehead atoms. The standard InChI is InChI=1S/C42H72O31/c1-2-3-4-5-6-62-37-28(58)32(21(51)15(9-45)63-37)70-40-31(61)35(24(54)18(12-48)66-40)72-42-36(26(56)20(50)14(8-44)68-42)73-41-30(60)34(23(53)17(11-47)67-41)71-39-29(59)33(22(52)16(10-46)65-39)69-38-27(57)25(55)19(49)13(7-43)64-38/h2,13-61H,1,3-12H2/t13?,14?,15?,16?,17?,18?,19-,20-,21-,22-,23-,24-,25+,26+,27?,28?,29?,30?,31?,32+,33+,34+,35+,36?,37+,38-,39-,40-,41-,42-/m1/s1. The minimum Gasteiger partial charge on any atom is -0.394 e. The maximum atomic E-state index is 11.7. The lowest BCUT2D eigenvalue weighted by atomic mass is 9.95. The van der Waals surface area contributed by atoms with Crippen LogP contribution in [0.15, 0.2) is 12.7 Å². The molecule has 6 rings (SSSR count). The number of ether oxygens (including phenoxy) is 12. The van der Waals surface area contributed by atoms with E-state index in [1.54, 1.807) is 6.08 Å². The number of hydrogen-bond acceptors (Lipinski definition) is 31. The van der Waals surface area contributed by atoms with Gasteiger partial charge in [0.05, 0.1) is 39.6 Å². The summed E-state index contributed by atoms with van der Waals surface area (Å²) in [4.78, 5) is 0. The Morgan fingerprint density at radius 1 is 0.301 bits per heavy atom. The number of aliphatic hydroxyl groups excluding tert-OH is 19. The lowest BCUT2D eigenvalue weighted by molar-refractivity contribution is -0.404. The summed E-state index contributed by atoms with van der Waals surface area (Å²) >= 11 is 0. The average Bonchev–Trinajstić information content (AvgIpc) is 3.38. The summed E-state index contributed by atoms with van der Waals surface area (Å²) in [5, 5.41) is 204. The van der Waals surface area contributed by atoms with Crippen LogP contribution in [0.4, 0.5) is 0 Å². The van der Waals surface area contributed by atoms with E-state index in [2.05, 4.69) is 6.58 Å². The number of rotatable bonds is 22. The SMILES string of the molecule is C=CCCCCO[C@H]1OC(CO)[C@@H](O)[C@H](O[C@H]2OC(CO)[C@@H](O)[C@H](O[C@H]3OC(CO)[C@@H](O)[C@H](O)C3O[C@H]3OC(CO)[C@@H](O)[C@H](O[C@H]4OC(CO)[C@@H](O)[C@H](O[C@H]5OC(CO)[C@@H](O)[C@H](O)C5O)C4O)C3O)C2O)C1O. The molecular weight excluding hydrogens is 1000 g/mol. The average molecular weight is 1070 g/mol. The van der Waals surface area contributed by atoms with Crippen LogP contribution < -0.4 is 0 Å². The normalized spacial score (nSPS) is 49.9. The van der Waals surface area contributed by atoms with Crippen LogP contribution in [0.1, 0.15) is 19.3 Å². The molecule has 0 amide bonds. The van der Waals surface area contributed by atoms with Gasteiger partial charge >= 0.3 is 0 Å². The lowest BCUT2D eigenvalue weighted by Gasteiger charge is -2.50. The predicted molar refractivity (Wildman–Crippen MR) is 227 cm³/mol. The van der Waals surface area contributed by atoms with Gasteiger partial charge in [0.2, 0.25) is 0 Å². The molecular formula is C42H72O31. The molecule has 0 spiro atoms. The maximum Gasteiger partial charge on any atom is 0.187 e. The molecule has 19 N–H and O–H groups in total. The second kappa shape index (κ2) is 27.4. The highest BCUT2D eigenvalue weighted by Gasteiger charge is 2.58. The molecule has 12 unspecified atom stereocenters. The molecule has 0 radical (unpaired) electrons. The second-order valence-electron chi connectivity index (χ2n) is 18.4. The first-order chi connectivity index (χ1) is 34.8. The van der Waals surface area contributed by atoms with Gasteiger partial charge in [0, 0.05) is 6.61 Å². The van der Waals surface area contributed by atoms with Crippen LogP contribution in [0.25, 0.3) is 0 Å². The van der Waals surface area contributed by atoms with Crippen LogP contribution in [0.5, 0.6) is 0 Å². The minimum atomic E-state index is -2.28. The van der Waals surface area contributed by atoms with E-state index in [1.807, 2.05) is 0 Å². The third-order valence-electron chi connectivity index (χ3n) is 13.5. The molecule has 6 aliphatic rings. The van der Waals surface area contributed by atoms with Crippen molar-refractivity contribution in [3.05, 3.63) is 12.7 Å². The van der Waals surface area contributed by atoms with E-state index in [0.29, 0.717) is 19.3 Å². The molecule has 0 aromatic carbocycles. The van der Waals surface area contributed by atoms with Crippen molar-refractivity contribution in [2.45, 2.75) is 203 Å². The summed E-state index contributed by atoms with van der Waals surface area (Å²) in [5.74, 6) is 0. The first kappa shape index (κ1) is 60.7. The van der Waals surface area contributed by atoms with Crippen LogP contribution in [-0.2, 0) is 56.8 Å². The van der Waals surface area contributed by atoms with Crippen molar-refractivity contribution < 1.29 is 154 Å². The number of hydrogen-bond donors (Lipinski definition) is 19. The van der Waals surface area contributed by atoms with Crippen molar-refractivity contribution in [3.63, 3.8) is 0 Å². The highest BCUT2D eigenvalue weighted by molar-refractivity contribution is 5.00. The molecule has 0 aromatic rings. The second-order valence-corrected chi connectivity index (χ2v) is 18.4. The van der Waals surface area contributed by atoms with E-state index < -0.39 is 224 Å².